The zero-order valence-corrected chi connectivity index (χ0v) is 14.4. The van der Waals surface area contributed by atoms with Crippen molar-refractivity contribution >= 4 is 11.9 Å². The van der Waals surface area contributed by atoms with Crippen LogP contribution in [0.2, 0.25) is 0 Å². The van der Waals surface area contributed by atoms with Gasteiger partial charge in [-0.25, -0.2) is 9.59 Å². The van der Waals surface area contributed by atoms with Crippen molar-refractivity contribution in [1.82, 2.24) is 0 Å². The minimum atomic E-state index is -0.750. The van der Waals surface area contributed by atoms with Crippen LogP contribution in [-0.4, -0.2) is 23.7 Å². The lowest BCUT2D eigenvalue weighted by atomic mass is 10.1. The Morgan fingerprint density at radius 3 is 1.93 bits per heavy atom. The molecule has 1 atom stereocenters. The summed E-state index contributed by atoms with van der Waals surface area (Å²) in [6.45, 7) is -0.110. The molecule has 1 N–H and O–H groups in total. The summed E-state index contributed by atoms with van der Waals surface area (Å²) in [6.07, 6.45) is -0.750. The highest BCUT2D eigenvalue weighted by Gasteiger charge is 2.20. The average molecular weight is 362 g/mol. The van der Waals surface area contributed by atoms with Crippen molar-refractivity contribution in [3.05, 3.63) is 102 Å². The van der Waals surface area contributed by atoms with Gasteiger partial charge in [-0.05, 0) is 42.0 Å². The minimum Gasteiger partial charge on any atom is -0.508 e. The number of carbonyl (C=O) groups excluding carboxylic acids is 2. The second-order valence-corrected chi connectivity index (χ2v) is 5.82. The van der Waals surface area contributed by atoms with Crippen molar-refractivity contribution in [3.8, 4) is 5.75 Å². The van der Waals surface area contributed by atoms with E-state index in [1.165, 1.54) is 24.3 Å². The fourth-order valence-electron chi connectivity index (χ4n) is 2.47. The maximum Gasteiger partial charge on any atom is 0.338 e. The highest BCUT2D eigenvalue weighted by molar-refractivity contribution is 5.90. The van der Waals surface area contributed by atoms with Crippen LogP contribution in [0.1, 0.15) is 32.4 Å². The lowest BCUT2D eigenvalue weighted by Gasteiger charge is -2.18. The predicted molar refractivity (Wildman–Crippen MR) is 99.4 cm³/mol. The molecule has 0 aliphatic heterocycles. The number of benzene rings is 3. The van der Waals surface area contributed by atoms with E-state index in [0.717, 1.165) is 0 Å². The molecular weight excluding hydrogens is 344 g/mol. The molecule has 0 fully saturated rings. The van der Waals surface area contributed by atoms with E-state index in [0.29, 0.717) is 16.7 Å². The summed E-state index contributed by atoms with van der Waals surface area (Å²) < 4.78 is 10.9. The van der Waals surface area contributed by atoms with Gasteiger partial charge in [-0.2, -0.15) is 0 Å². The van der Waals surface area contributed by atoms with Crippen LogP contribution in [0.5, 0.6) is 5.75 Å². The SMILES string of the molecule is O=C(OCC(OC(=O)c1ccc(O)cc1)c1ccccc1)c1ccccc1. The van der Waals surface area contributed by atoms with Crippen molar-refractivity contribution in [2.24, 2.45) is 0 Å². The van der Waals surface area contributed by atoms with Crippen molar-refractivity contribution in [1.29, 1.82) is 0 Å². The second-order valence-electron chi connectivity index (χ2n) is 5.82. The summed E-state index contributed by atoms with van der Waals surface area (Å²) in [7, 11) is 0. The van der Waals surface area contributed by atoms with Crippen LogP contribution >= 0.6 is 0 Å². The van der Waals surface area contributed by atoms with Gasteiger partial charge in [0.25, 0.3) is 0 Å². The van der Waals surface area contributed by atoms with Crippen LogP contribution < -0.4 is 0 Å². The van der Waals surface area contributed by atoms with Crippen LogP contribution in [0.3, 0.4) is 0 Å². The van der Waals surface area contributed by atoms with Gasteiger partial charge < -0.3 is 14.6 Å². The Bertz CT molecular complexity index is 889. The van der Waals surface area contributed by atoms with Crippen molar-refractivity contribution < 1.29 is 24.2 Å². The van der Waals surface area contributed by atoms with Crippen molar-refractivity contribution in [2.75, 3.05) is 6.61 Å². The monoisotopic (exact) mass is 362 g/mol. The minimum absolute atomic E-state index is 0.0583. The highest BCUT2D eigenvalue weighted by atomic mass is 16.6. The number of aromatic hydroxyl groups is 1. The molecule has 27 heavy (non-hydrogen) atoms. The molecule has 5 nitrogen and oxygen atoms in total. The van der Waals surface area contributed by atoms with Gasteiger partial charge in [0.05, 0.1) is 11.1 Å². The van der Waals surface area contributed by atoms with Gasteiger partial charge in [0, 0.05) is 0 Å². The molecule has 0 heterocycles. The Morgan fingerprint density at radius 2 is 1.30 bits per heavy atom. The normalized spacial score (nSPS) is 11.4. The van der Waals surface area contributed by atoms with E-state index in [9.17, 15) is 14.7 Å². The van der Waals surface area contributed by atoms with Crippen LogP contribution in [0.4, 0.5) is 0 Å². The van der Waals surface area contributed by atoms with Gasteiger partial charge in [0.2, 0.25) is 0 Å². The fraction of sp³-hybridized carbons (Fsp3) is 0.0909. The smallest absolute Gasteiger partial charge is 0.338 e. The lowest BCUT2D eigenvalue weighted by molar-refractivity contribution is -0.00133. The number of hydrogen-bond acceptors (Lipinski definition) is 5. The Labute approximate surface area is 156 Å². The van der Waals surface area contributed by atoms with E-state index in [4.69, 9.17) is 9.47 Å². The van der Waals surface area contributed by atoms with Crippen LogP contribution in [0, 0.1) is 0 Å². The van der Waals surface area contributed by atoms with Crippen LogP contribution in [0.15, 0.2) is 84.9 Å². The Morgan fingerprint density at radius 1 is 0.741 bits per heavy atom. The van der Waals surface area contributed by atoms with Crippen LogP contribution in [-0.2, 0) is 9.47 Å². The third-order valence-corrected chi connectivity index (χ3v) is 3.90. The molecule has 3 rings (SSSR count). The third kappa shape index (κ3) is 4.95. The Kier molecular flexibility index (Phi) is 5.84. The number of phenolic OH excluding ortho intramolecular Hbond substituents is 1. The van der Waals surface area contributed by atoms with E-state index in [-0.39, 0.29) is 12.4 Å². The molecule has 0 aromatic heterocycles. The number of rotatable bonds is 6. The molecule has 3 aromatic carbocycles. The Balaban J connectivity index is 1.72. The third-order valence-electron chi connectivity index (χ3n) is 3.90. The zero-order valence-electron chi connectivity index (χ0n) is 14.4. The first-order valence-electron chi connectivity index (χ1n) is 8.40. The zero-order chi connectivity index (χ0) is 19.1. The first-order chi connectivity index (χ1) is 13.1. The molecule has 5 heteroatoms. The second kappa shape index (κ2) is 8.67. The lowest BCUT2D eigenvalue weighted by Crippen LogP contribution is -2.19. The molecule has 0 saturated heterocycles. The van der Waals surface area contributed by atoms with E-state index in [1.807, 2.05) is 24.3 Å². The molecular formula is C22H18O5. The number of carbonyl (C=O) groups is 2. The van der Waals surface area contributed by atoms with Gasteiger partial charge in [0.15, 0.2) is 6.10 Å². The summed E-state index contributed by atoms with van der Waals surface area (Å²) in [5.41, 5.74) is 1.43. The molecule has 0 aliphatic rings. The van der Waals surface area contributed by atoms with Crippen molar-refractivity contribution in [2.45, 2.75) is 6.10 Å². The summed E-state index contributed by atoms with van der Waals surface area (Å²) in [5.74, 6) is -1.00. The largest absolute Gasteiger partial charge is 0.508 e. The molecule has 0 radical (unpaired) electrons. The fourth-order valence-corrected chi connectivity index (χ4v) is 2.47. The van der Waals surface area contributed by atoms with Gasteiger partial charge in [-0.1, -0.05) is 48.5 Å². The topological polar surface area (TPSA) is 72.8 Å². The number of phenols is 1. The molecule has 3 aromatic rings. The summed E-state index contributed by atoms with van der Waals surface area (Å²) in [4.78, 5) is 24.6. The molecule has 0 spiro atoms. The standard InChI is InChI=1S/C22H18O5/c23-19-13-11-18(12-14-19)22(25)27-20(16-7-3-1-4-8-16)15-26-21(24)17-9-5-2-6-10-17/h1-14,20,23H,15H2. The number of hydrogen-bond donors (Lipinski definition) is 1. The van der Waals surface area contributed by atoms with E-state index < -0.39 is 18.0 Å². The average Bonchev–Trinajstić information content (AvgIpc) is 2.72. The Hall–Kier alpha value is -3.60. The first-order valence-corrected chi connectivity index (χ1v) is 8.40. The molecule has 0 amide bonds. The van der Waals surface area contributed by atoms with E-state index in [2.05, 4.69) is 0 Å². The maximum absolute atomic E-state index is 12.4. The predicted octanol–water partition coefficient (Wildman–Crippen LogP) is 4.15. The molecule has 136 valence electrons. The summed E-state index contributed by atoms with van der Waals surface area (Å²) in [6, 6.07) is 23.4. The highest BCUT2D eigenvalue weighted by Crippen LogP contribution is 2.21. The maximum atomic E-state index is 12.4. The van der Waals surface area contributed by atoms with Gasteiger partial charge in [-0.15, -0.1) is 0 Å². The first kappa shape index (κ1) is 18.2. The molecule has 0 saturated carbocycles. The number of esters is 2. The van der Waals surface area contributed by atoms with Crippen molar-refractivity contribution in [3.63, 3.8) is 0 Å². The van der Waals surface area contributed by atoms with Gasteiger partial charge in [-0.3, -0.25) is 0 Å². The van der Waals surface area contributed by atoms with Gasteiger partial charge >= 0.3 is 11.9 Å². The molecule has 0 aliphatic carbocycles. The van der Waals surface area contributed by atoms with E-state index in [1.54, 1.807) is 36.4 Å². The quantitative estimate of drug-likeness (QED) is 0.667. The van der Waals surface area contributed by atoms with Gasteiger partial charge in [0.1, 0.15) is 12.4 Å². The van der Waals surface area contributed by atoms with E-state index >= 15 is 0 Å². The molecule has 0 bridgehead atoms. The summed E-state index contributed by atoms with van der Waals surface area (Å²) >= 11 is 0. The molecule has 1 unspecified atom stereocenters. The van der Waals surface area contributed by atoms with Crippen LogP contribution in [0.25, 0.3) is 0 Å². The summed E-state index contributed by atoms with van der Waals surface area (Å²) in [5, 5.41) is 9.34. The number of ether oxygens (including phenoxy) is 2.